The first kappa shape index (κ1) is 15.3. The number of hydrogen-bond donors (Lipinski definition) is 1. The molecular formula is C16H20N2O3. The number of carbonyl (C=O) groups is 1. The lowest BCUT2D eigenvalue weighted by atomic mass is 10.0. The van der Waals surface area contributed by atoms with Gasteiger partial charge >= 0.3 is 0 Å². The van der Waals surface area contributed by atoms with E-state index in [9.17, 15) is 9.90 Å². The molecule has 1 atom stereocenters. The van der Waals surface area contributed by atoms with Gasteiger partial charge in [-0.15, -0.1) is 0 Å². The third kappa shape index (κ3) is 2.97. The number of rotatable bonds is 5. The molecule has 0 aliphatic heterocycles. The van der Waals surface area contributed by atoms with Crippen molar-refractivity contribution >= 4 is 5.91 Å². The highest BCUT2D eigenvalue weighted by molar-refractivity contribution is 6.01. The number of nitrogens with zero attached hydrogens (tertiary/aromatic N) is 2. The van der Waals surface area contributed by atoms with Crippen LogP contribution >= 0.6 is 0 Å². The molecule has 0 spiro atoms. The predicted molar refractivity (Wildman–Crippen MR) is 79.8 cm³/mol. The maximum Gasteiger partial charge on any atom is 0.259 e. The zero-order chi connectivity index (χ0) is 15.4. The molecule has 5 nitrogen and oxygen atoms in total. The van der Waals surface area contributed by atoms with E-state index < -0.39 is 6.10 Å². The van der Waals surface area contributed by atoms with E-state index in [1.807, 2.05) is 44.2 Å². The summed E-state index contributed by atoms with van der Waals surface area (Å²) in [5.41, 5.74) is 1.62. The number of benzene rings is 1. The van der Waals surface area contributed by atoms with Gasteiger partial charge < -0.3 is 14.5 Å². The van der Waals surface area contributed by atoms with Gasteiger partial charge in [-0.25, -0.2) is 0 Å². The Bertz CT molecular complexity index is 601. The molecule has 0 radical (unpaired) electrons. The molecular weight excluding hydrogens is 268 g/mol. The van der Waals surface area contributed by atoms with Crippen LogP contribution in [0, 0.1) is 0 Å². The van der Waals surface area contributed by atoms with Crippen molar-refractivity contribution in [3.8, 4) is 11.3 Å². The summed E-state index contributed by atoms with van der Waals surface area (Å²) in [6, 6.07) is 9.37. The normalized spacial score (nSPS) is 12.2. The van der Waals surface area contributed by atoms with Crippen LogP contribution in [0.1, 0.15) is 43.0 Å². The Morgan fingerprint density at radius 1 is 1.29 bits per heavy atom. The van der Waals surface area contributed by atoms with Gasteiger partial charge in [0.25, 0.3) is 5.91 Å². The molecule has 2 rings (SSSR count). The largest absolute Gasteiger partial charge is 0.385 e. The van der Waals surface area contributed by atoms with E-state index in [1.165, 1.54) is 0 Å². The Hall–Kier alpha value is -2.14. The highest BCUT2D eigenvalue weighted by Gasteiger charge is 2.28. The molecule has 1 heterocycles. The van der Waals surface area contributed by atoms with Crippen LogP contribution in [0.3, 0.4) is 0 Å². The fourth-order valence-electron chi connectivity index (χ4n) is 2.26. The molecule has 0 aliphatic rings. The van der Waals surface area contributed by atoms with Crippen LogP contribution in [0.5, 0.6) is 0 Å². The smallest absolute Gasteiger partial charge is 0.259 e. The Morgan fingerprint density at radius 2 is 1.90 bits per heavy atom. The molecule has 1 N–H and O–H groups in total. The molecule has 21 heavy (non-hydrogen) atoms. The van der Waals surface area contributed by atoms with Crippen molar-refractivity contribution in [2.45, 2.75) is 26.9 Å². The van der Waals surface area contributed by atoms with Gasteiger partial charge in [0.15, 0.2) is 5.76 Å². The standard InChI is InChI=1S/C16H20N2O3/c1-4-18(5-2)16(20)13-14(12-9-7-6-8-10-12)17-21-15(13)11(3)19/h6-11,19H,4-5H2,1-3H3. The Kier molecular flexibility index (Phi) is 4.75. The summed E-state index contributed by atoms with van der Waals surface area (Å²) in [6.45, 7) is 6.58. The number of aliphatic hydroxyl groups excluding tert-OH is 1. The van der Waals surface area contributed by atoms with Crippen molar-refractivity contribution in [2.24, 2.45) is 0 Å². The topological polar surface area (TPSA) is 66.6 Å². The number of amides is 1. The molecule has 2 aromatic rings. The lowest BCUT2D eigenvalue weighted by molar-refractivity contribution is 0.0761. The minimum absolute atomic E-state index is 0.170. The first-order valence-corrected chi connectivity index (χ1v) is 7.12. The average molecular weight is 288 g/mol. The van der Waals surface area contributed by atoms with Crippen molar-refractivity contribution in [3.63, 3.8) is 0 Å². The van der Waals surface area contributed by atoms with E-state index in [0.29, 0.717) is 24.3 Å². The van der Waals surface area contributed by atoms with E-state index in [2.05, 4.69) is 5.16 Å². The molecule has 1 unspecified atom stereocenters. The van der Waals surface area contributed by atoms with E-state index in [1.54, 1.807) is 11.8 Å². The number of aliphatic hydroxyl groups is 1. The molecule has 0 saturated carbocycles. The SMILES string of the molecule is CCN(CC)C(=O)c1c(-c2ccccc2)noc1C(C)O. The third-order valence-electron chi connectivity index (χ3n) is 3.41. The molecule has 5 heteroatoms. The zero-order valence-corrected chi connectivity index (χ0v) is 12.5. The van der Waals surface area contributed by atoms with Crippen LogP contribution in [0.4, 0.5) is 0 Å². The summed E-state index contributed by atoms with van der Waals surface area (Å²) >= 11 is 0. The van der Waals surface area contributed by atoms with Crippen LogP contribution in [0.15, 0.2) is 34.9 Å². The number of aromatic nitrogens is 1. The average Bonchev–Trinajstić information content (AvgIpc) is 2.94. The van der Waals surface area contributed by atoms with Gasteiger partial charge in [0.2, 0.25) is 0 Å². The summed E-state index contributed by atoms with van der Waals surface area (Å²) in [5.74, 6) is 0.0433. The van der Waals surface area contributed by atoms with Gasteiger partial charge in [0.1, 0.15) is 17.4 Å². The van der Waals surface area contributed by atoms with E-state index in [0.717, 1.165) is 5.56 Å². The van der Waals surface area contributed by atoms with Gasteiger partial charge in [0.05, 0.1) is 0 Å². The van der Waals surface area contributed by atoms with Crippen molar-refractivity contribution in [3.05, 3.63) is 41.7 Å². The Morgan fingerprint density at radius 3 is 2.43 bits per heavy atom. The maximum atomic E-state index is 12.7. The molecule has 0 saturated heterocycles. The van der Waals surface area contributed by atoms with Crippen molar-refractivity contribution < 1.29 is 14.4 Å². The summed E-state index contributed by atoms with van der Waals surface area (Å²) in [6.07, 6.45) is -0.885. The Labute approximate surface area is 124 Å². The summed E-state index contributed by atoms with van der Waals surface area (Å²) in [7, 11) is 0. The fourth-order valence-corrected chi connectivity index (χ4v) is 2.26. The molecule has 1 aromatic carbocycles. The minimum Gasteiger partial charge on any atom is -0.385 e. The second kappa shape index (κ2) is 6.54. The van der Waals surface area contributed by atoms with E-state index >= 15 is 0 Å². The molecule has 0 bridgehead atoms. The molecule has 0 aliphatic carbocycles. The highest BCUT2D eigenvalue weighted by Crippen LogP contribution is 2.30. The number of carbonyl (C=O) groups excluding carboxylic acids is 1. The van der Waals surface area contributed by atoms with Crippen molar-refractivity contribution in [2.75, 3.05) is 13.1 Å². The van der Waals surface area contributed by atoms with E-state index in [-0.39, 0.29) is 11.7 Å². The van der Waals surface area contributed by atoms with Gasteiger partial charge in [0, 0.05) is 18.7 Å². The fraction of sp³-hybridized carbons (Fsp3) is 0.375. The molecule has 1 amide bonds. The predicted octanol–water partition coefficient (Wildman–Crippen LogP) is 2.88. The second-order valence-corrected chi connectivity index (χ2v) is 4.79. The molecule has 1 aromatic heterocycles. The van der Waals surface area contributed by atoms with Gasteiger partial charge in [-0.2, -0.15) is 0 Å². The first-order valence-electron chi connectivity index (χ1n) is 7.12. The molecule has 112 valence electrons. The van der Waals surface area contributed by atoms with Gasteiger partial charge in [-0.1, -0.05) is 35.5 Å². The monoisotopic (exact) mass is 288 g/mol. The van der Waals surface area contributed by atoms with E-state index in [4.69, 9.17) is 4.52 Å². The quantitative estimate of drug-likeness (QED) is 0.918. The Balaban J connectivity index is 2.56. The van der Waals surface area contributed by atoms with Crippen LogP contribution in [0.25, 0.3) is 11.3 Å². The van der Waals surface area contributed by atoms with Crippen molar-refractivity contribution in [1.29, 1.82) is 0 Å². The summed E-state index contributed by atoms with van der Waals surface area (Å²) < 4.78 is 5.22. The molecule has 0 fully saturated rings. The van der Waals surface area contributed by atoms with Gasteiger partial charge in [-0.3, -0.25) is 4.79 Å². The zero-order valence-electron chi connectivity index (χ0n) is 12.5. The van der Waals surface area contributed by atoms with Crippen LogP contribution in [-0.2, 0) is 0 Å². The third-order valence-corrected chi connectivity index (χ3v) is 3.41. The second-order valence-electron chi connectivity index (χ2n) is 4.79. The van der Waals surface area contributed by atoms with Crippen LogP contribution in [0.2, 0.25) is 0 Å². The maximum absolute atomic E-state index is 12.7. The van der Waals surface area contributed by atoms with Gasteiger partial charge in [-0.05, 0) is 20.8 Å². The van der Waals surface area contributed by atoms with Crippen LogP contribution in [-0.4, -0.2) is 34.2 Å². The first-order chi connectivity index (χ1) is 10.1. The number of hydrogen-bond acceptors (Lipinski definition) is 4. The van der Waals surface area contributed by atoms with Crippen molar-refractivity contribution in [1.82, 2.24) is 10.1 Å². The minimum atomic E-state index is -0.885. The lowest BCUT2D eigenvalue weighted by Gasteiger charge is -2.19. The summed E-state index contributed by atoms with van der Waals surface area (Å²) in [5, 5.41) is 13.8. The highest BCUT2D eigenvalue weighted by atomic mass is 16.5. The summed E-state index contributed by atoms with van der Waals surface area (Å²) in [4.78, 5) is 14.4. The lowest BCUT2D eigenvalue weighted by Crippen LogP contribution is -2.31. The van der Waals surface area contributed by atoms with Crippen LogP contribution < -0.4 is 0 Å².